The van der Waals surface area contributed by atoms with Crippen molar-refractivity contribution < 1.29 is 4.79 Å². The summed E-state index contributed by atoms with van der Waals surface area (Å²) in [5, 5.41) is 6.15. The number of nitrogens with zero attached hydrogens (tertiary/aromatic N) is 3. The van der Waals surface area contributed by atoms with Crippen LogP contribution in [0, 0.1) is 6.92 Å². The molecule has 0 aliphatic heterocycles. The number of aryl methyl sites for hydroxylation is 1. The first-order chi connectivity index (χ1) is 12.1. The molecule has 0 saturated carbocycles. The third kappa shape index (κ3) is 4.93. The van der Waals surface area contributed by atoms with Crippen LogP contribution in [0.25, 0.3) is 5.69 Å². The minimum absolute atomic E-state index is 0.0218. The number of hydrogen-bond donors (Lipinski definition) is 1. The predicted molar refractivity (Wildman–Crippen MR) is 103 cm³/mol. The maximum atomic E-state index is 12.1. The molecule has 0 saturated heterocycles. The Labute approximate surface area is 155 Å². The first kappa shape index (κ1) is 17.7. The third-order valence-corrected chi connectivity index (χ3v) is 5.51. The van der Waals surface area contributed by atoms with Gasteiger partial charge >= 0.3 is 0 Å². The van der Waals surface area contributed by atoms with E-state index in [0.29, 0.717) is 5.75 Å². The summed E-state index contributed by atoms with van der Waals surface area (Å²) in [5.41, 5.74) is 3.18. The predicted octanol–water partition coefficient (Wildman–Crippen LogP) is 3.75. The molecule has 0 radical (unpaired) electrons. The van der Waals surface area contributed by atoms with Crippen LogP contribution in [0.5, 0.6) is 0 Å². The summed E-state index contributed by atoms with van der Waals surface area (Å²) >= 11 is 3.23. The first-order valence-corrected chi connectivity index (χ1v) is 10.0. The van der Waals surface area contributed by atoms with E-state index in [-0.39, 0.29) is 11.9 Å². The summed E-state index contributed by atoms with van der Waals surface area (Å²) < 4.78 is 1.95. The highest BCUT2D eigenvalue weighted by molar-refractivity contribution is 7.99. The Balaban J connectivity index is 1.47. The van der Waals surface area contributed by atoms with Crippen LogP contribution in [-0.4, -0.2) is 26.2 Å². The van der Waals surface area contributed by atoms with Gasteiger partial charge < -0.3 is 9.88 Å². The van der Waals surface area contributed by atoms with E-state index in [1.165, 1.54) is 0 Å². The molecule has 1 aromatic carbocycles. The van der Waals surface area contributed by atoms with Gasteiger partial charge in [-0.05, 0) is 31.5 Å². The highest BCUT2D eigenvalue weighted by Gasteiger charge is 2.10. The summed E-state index contributed by atoms with van der Waals surface area (Å²) in [7, 11) is 0. The van der Waals surface area contributed by atoms with Crippen LogP contribution in [0.4, 0.5) is 0 Å². The van der Waals surface area contributed by atoms with Crippen molar-refractivity contribution in [3.63, 3.8) is 0 Å². The van der Waals surface area contributed by atoms with Crippen LogP contribution in [0.2, 0.25) is 0 Å². The van der Waals surface area contributed by atoms with Crippen LogP contribution < -0.4 is 5.32 Å². The average Bonchev–Trinajstić information content (AvgIpc) is 3.27. The number of thiazole rings is 1. The molecule has 0 spiro atoms. The molecule has 3 aromatic rings. The molecule has 1 amide bonds. The first-order valence-electron chi connectivity index (χ1n) is 7.98. The third-order valence-electron chi connectivity index (χ3n) is 3.72. The molecular formula is C18H20N4OS2. The van der Waals surface area contributed by atoms with Gasteiger partial charge in [-0.3, -0.25) is 4.79 Å². The zero-order valence-corrected chi connectivity index (χ0v) is 15.8. The van der Waals surface area contributed by atoms with E-state index in [1.807, 2.05) is 54.3 Å². The van der Waals surface area contributed by atoms with Crippen molar-refractivity contribution >= 4 is 29.0 Å². The molecule has 1 N–H and O–H groups in total. The molecule has 5 nitrogen and oxygen atoms in total. The monoisotopic (exact) mass is 372 g/mol. The Hall–Kier alpha value is -2.12. The molecule has 0 aliphatic carbocycles. The number of thioether (sulfide) groups is 1. The van der Waals surface area contributed by atoms with Crippen molar-refractivity contribution in [2.24, 2.45) is 0 Å². The van der Waals surface area contributed by atoms with E-state index in [2.05, 4.69) is 15.3 Å². The molecule has 0 unspecified atom stereocenters. The molecule has 2 aromatic heterocycles. The fourth-order valence-corrected chi connectivity index (χ4v) is 3.88. The number of hydrogen-bond acceptors (Lipinski definition) is 5. The lowest BCUT2D eigenvalue weighted by atomic mass is 10.1. The van der Waals surface area contributed by atoms with Crippen LogP contribution in [0.3, 0.4) is 0 Å². The molecule has 25 heavy (non-hydrogen) atoms. The molecule has 0 bridgehead atoms. The maximum Gasteiger partial charge on any atom is 0.230 e. The van der Waals surface area contributed by atoms with Crippen LogP contribution >= 0.6 is 23.1 Å². The van der Waals surface area contributed by atoms with E-state index in [9.17, 15) is 4.79 Å². The molecule has 0 aliphatic rings. The Kier molecular flexibility index (Phi) is 5.88. The van der Waals surface area contributed by atoms with Gasteiger partial charge in [0.25, 0.3) is 0 Å². The summed E-state index contributed by atoms with van der Waals surface area (Å²) in [6.07, 6.45) is 5.42. The van der Waals surface area contributed by atoms with E-state index in [4.69, 9.17) is 0 Å². The summed E-state index contributed by atoms with van der Waals surface area (Å²) in [6, 6.07) is 8.10. The quantitative estimate of drug-likeness (QED) is 0.686. The summed E-state index contributed by atoms with van der Waals surface area (Å²) in [6.45, 7) is 3.99. The van der Waals surface area contributed by atoms with Crippen molar-refractivity contribution in [2.45, 2.75) is 25.6 Å². The second-order valence-corrected chi connectivity index (χ2v) is 7.75. The Morgan fingerprint density at radius 1 is 1.36 bits per heavy atom. The number of aromatic nitrogens is 3. The van der Waals surface area contributed by atoms with Gasteiger partial charge in [-0.1, -0.05) is 12.1 Å². The van der Waals surface area contributed by atoms with Crippen molar-refractivity contribution in [1.82, 2.24) is 19.9 Å². The van der Waals surface area contributed by atoms with Crippen LogP contribution in [-0.2, 0) is 10.5 Å². The second kappa shape index (κ2) is 8.31. The number of nitrogens with one attached hydrogen (secondary N) is 1. The lowest BCUT2D eigenvalue weighted by Crippen LogP contribution is -2.28. The lowest BCUT2D eigenvalue weighted by molar-refractivity contribution is -0.119. The van der Waals surface area contributed by atoms with Gasteiger partial charge in [0, 0.05) is 29.2 Å². The van der Waals surface area contributed by atoms with E-state index in [0.717, 1.165) is 27.7 Å². The lowest BCUT2D eigenvalue weighted by Gasteiger charge is -2.15. The van der Waals surface area contributed by atoms with Crippen molar-refractivity contribution in [3.8, 4) is 5.69 Å². The topological polar surface area (TPSA) is 59.8 Å². The molecule has 2 heterocycles. The number of carbonyl (C=O) groups excluding carboxylic acids is 1. The SMILES string of the molecule is Cc1nc(CSCC(=O)N[C@@H](C)c2ccc(-n3ccnc3)cc2)cs1. The zero-order valence-electron chi connectivity index (χ0n) is 14.2. The normalized spacial score (nSPS) is 12.1. The number of imidazole rings is 1. The Morgan fingerprint density at radius 3 is 2.80 bits per heavy atom. The van der Waals surface area contributed by atoms with Gasteiger partial charge in [0.15, 0.2) is 0 Å². The smallest absolute Gasteiger partial charge is 0.230 e. The van der Waals surface area contributed by atoms with Crippen molar-refractivity contribution in [2.75, 3.05) is 5.75 Å². The van der Waals surface area contributed by atoms with Gasteiger partial charge in [0.2, 0.25) is 5.91 Å². The van der Waals surface area contributed by atoms with Crippen LogP contribution in [0.1, 0.15) is 29.2 Å². The summed E-state index contributed by atoms with van der Waals surface area (Å²) in [4.78, 5) is 20.6. The van der Waals surface area contributed by atoms with Crippen molar-refractivity contribution in [1.29, 1.82) is 0 Å². The molecule has 7 heteroatoms. The minimum Gasteiger partial charge on any atom is -0.349 e. The molecular weight excluding hydrogens is 352 g/mol. The van der Waals surface area contributed by atoms with Crippen molar-refractivity contribution in [3.05, 3.63) is 64.6 Å². The molecule has 130 valence electrons. The number of carbonyl (C=O) groups is 1. The summed E-state index contributed by atoms with van der Waals surface area (Å²) in [5.74, 6) is 1.25. The fraction of sp³-hybridized carbons (Fsp3) is 0.278. The number of amides is 1. The molecule has 3 rings (SSSR count). The molecule has 1 atom stereocenters. The minimum atomic E-state index is -0.0218. The van der Waals surface area contributed by atoms with E-state index in [1.54, 1.807) is 35.6 Å². The van der Waals surface area contributed by atoms with Gasteiger partial charge in [-0.25, -0.2) is 9.97 Å². The fourth-order valence-electron chi connectivity index (χ4n) is 2.44. The standard InChI is InChI=1S/C18H20N4OS2/c1-13(15-3-5-17(6-4-15)22-8-7-19-12-22)20-18(23)11-24-9-16-10-25-14(2)21-16/h3-8,10,12-13H,9,11H2,1-2H3,(H,20,23)/t13-/m0/s1. The van der Waals surface area contributed by atoms with E-state index < -0.39 is 0 Å². The number of rotatable bonds is 7. The van der Waals surface area contributed by atoms with Gasteiger partial charge in [0.05, 0.1) is 28.8 Å². The largest absolute Gasteiger partial charge is 0.349 e. The number of benzene rings is 1. The van der Waals surface area contributed by atoms with E-state index >= 15 is 0 Å². The zero-order chi connectivity index (χ0) is 17.6. The average molecular weight is 373 g/mol. The van der Waals surface area contributed by atoms with Crippen LogP contribution in [0.15, 0.2) is 48.4 Å². The Bertz CT molecular complexity index is 812. The van der Waals surface area contributed by atoms with Gasteiger partial charge in [-0.2, -0.15) is 0 Å². The highest BCUT2D eigenvalue weighted by atomic mass is 32.2. The second-order valence-electron chi connectivity index (χ2n) is 5.70. The van der Waals surface area contributed by atoms with Gasteiger partial charge in [0.1, 0.15) is 0 Å². The Morgan fingerprint density at radius 2 is 2.16 bits per heavy atom. The highest BCUT2D eigenvalue weighted by Crippen LogP contribution is 2.17. The van der Waals surface area contributed by atoms with Gasteiger partial charge in [-0.15, -0.1) is 23.1 Å². The maximum absolute atomic E-state index is 12.1. The molecule has 0 fully saturated rings.